The van der Waals surface area contributed by atoms with Crippen molar-refractivity contribution in [3.63, 3.8) is 0 Å². The molecular weight excluding hydrogens is 434 g/mol. The largest absolute Gasteiger partial charge is 0.474 e. The van der Waals surface area contributed by atoms with Crippen molar-refractivity contribution in [2.24, 2.45) is 5.73 Å². The minimum absolute atomic E-state index is 0.00851. The Hall–Kier alpha value is -3.30. The van der Waals surface area contributed by atoms with Crippen molar-refractivity contribution in [3.05, 3.63) is 47.4 Å². The number of hydrogen-bond donors (Lipinski definition) is 2. The maximum absolute atomic E-state index is 12.2. The van der Waals surface area contributed by atoms with E-state index in [9.17, 15) is 4.79 Å². The van der Waals surface area contributed by atoms with Crippen LogP contribution in [-0.4, -0.2) is 46.8 Å². The number of aromatic nitrogens is 3. The van der Waals surface area contributed by atoms with Gasteiger partial charge in [-0.3, -0.25) is 0 Å². The second kappa shape index (κ2) is 8.48. The summed E-state index contributed by atoms with van der Waals surface area (Å²) in [6.07, 6.45) is 5.54. The van der Waals surface area contributed by atoms with Gasteiger partial charge in [0.1, 0.15) is 23.8 Å². The summed E-state index contributed by atoms with van der Waals surface area (Å²) < 4.78 is 16.8. The highest BCUT2D eigenvalue weighted by molar-refractivity contribution is 5.93. The summed E-state index contributed by atoms with van der Waals surface area (Å²) in [5.74, 6) is 1.39. The Kier molecular flexibility index (Phi) is 5.61. The summed E-state index contributed by atoms with van der Waals surface area (Å²) in [7, 11) is 1.62. The van der Waals surface area contributed by atoms with Gasteiger partial charge in [-0.15, -0.1) is 0 Å². The van der Waals surface area contributed by atoms with E-state index in [2.05, 4.69) is 15.3 Å². The van der Waals surface area contributed by atoms with E-state index in [1.807, 2.05) is 26.8 Å². The number of esters is 1. The van der Waals surface area contributed by atoms with Crippen molar-refractivity contribution in [1.29, 1.82) is 0 Å². The maximum Gasteiger partial charge on any atom is 0.340 e. The fourth-order valence-corrected chi connectivity index (χ4v) is 4.20. The van der Waals surface area contributed by atoms with Gasteiger partial charge in [0.15, 0.2) is 0 Å². The number of hydrogen-bond acceptors (Lipinski definition) is 9. The molecule has 3 aromatic rings. The summed E-state index contributed by atoms with van der Waals surface area (Å²) in [6.45, 7) is 6.11. The monoisotopic (exact) mass is 463 g/mol. The third kappa shape index (κ3) is 4.17. The van der Waals surface area contributed by atoms with E-state index < -0.39 is 5.54 Å². The molecule has 3 N–H and O–H groups in total. The molecule has 0 spiro atoms. The van der Waals surface area contributed by atoms with Crippen LogP contribution in [-0.2, 0) is 15.0 Å². The molecule has 1 aliphatic carbocycles. The average Bonchev–Trinajstić information content (AvgIpc) is 3.61. The molecule has 1 saturated carbocycles. The van der Waals surface area contributed by atoms with Crippen LogP contribution in [0.5, 0.6) is 5.88 Å². The third-order valence-corrected chi connectivity index (χ3v) is 6.43. The molecule has 178 valence electrons. The first-order valence-electron chi connectivity index (χ1n) is 11.5. The van der Waals surface area contributed by atoms with Crippen LogP contribution in [0.1, 0.15) is 61.1 Å². The first-order chi connectivity index (χ1) is 16.3. The number of fused-ring (bicyclic) bond motifs is 2. The number of methoxy groups -OCH3 is 1. The highest BCUT2D eigenvalue weighted by Gasteiger charge is 2.32. The van der Waals surface area contributed by atoms with E-state index in [0.717, 1.165) is 29.2 Å². The summed E-state index contributed by atoms with van der Waals surface area (Å²) >= 11 is 0. The van der Waals surface area contributed by atoms with Crippen LogP contribution in [0.4, 0.5) is 11.6 Å². The molecular formula is C25H29N5O4. The third-order valence-electron chi connectivity index (χ3n) is 6.43. The lowest BCUT2D eigenvalue weighted by Gasteiger charge is -2.27. The number of pyridine rings is 3. The number of nitrogens with one attached hydrogen (secondary N) is 1. The lowest BCUT2D eigenvalue weighted by atomic mass is 9.91. The number of carbonyl (C=O) groups excluding carboxylic acids is 1. The Labute approximate surface area is 198 Å². The summed E-state index contributed by atoms with van der Waals surface area (Å²) in [6, 6.07) is 5.42. The van der Waals surface area contributed by atoms with Crippen LogP contribution in [0.2, 0.25) is 0 Å². The second-order valence-electron chi connectivity index (χ2n) is 9.41. The van der Waals surface area contributed by atoms with Gasteiger partial charge in [-0.25, -0.2) is 19.7 Å². The zero-order valence-electron chi connectivity index (χ0n) is 19.8. The van der Waals surface area contributed by atoms with Crippen LogP contribution in [0.25, 0.3) is 10.8 Å². The van der Waals surface area contributed by atoms with Crippen LogP contribution in [0.15, 0.2) is 30.6 Å². The number of nitrogens with two attached hydrogens (primary N) is 1. The second-order valence-corrected chi connectivity index (χ2v) is 9.41. The molecule has 0 radical (unpaired) electrons. The molecule has 34 heavy (non-hydrogen) atoms. The molecule has 5 rings (SSSR count). The maximum atomic E-state index is 12.2. The lowest BCUT2D eigenvalue weighted by Crippen LogP contribution is -2.38. The number of rotatable bonds is 7. The Balaban J connectivity index is 1.54. The molecule has 3 aromatic heterocycles. The number of ether oxygens (including phenoxy) is 3. The van der Waals surface area contributed by atoms with Gasteiger partial charge in [-0.2, -0.15) is 0 Å². The van der Waals surface area contributed by atoms with Gasteiger partial charge in [0, 0.05) is 31.0 Å². The predicted molar refractivity (Wildman–Crippen MR) is 127 cm³/mol. The smallest absolute Gasteiger partial charge is 0.340 e. The van der Waals surface area contributed by atoms with Crippen molar-refractivity contribution >= 4 is 28.4 Å². The summed E-state index contributed by atoms with van der Waals surface area (Å²) in [5.41, 5.74) is 7.89. The summed E-state index contributed by atoms with van der Waals surface area (Å²) in [4.78, 5) is 26.1. The van der Waals surface area contributed by atoms with Crippen molar-refractivity contribution in [1.82, 2.24) is 15.0 Å². The van der Waals surface area contributed by atoms with E-state index in [0.29, 0.717) is 35.4 Å². The lowest BCUT2D eigenvalue weighted by molar-refractivity contribution is 0.0235. The van der Waals surface area contributed by atoms with E-state index >= 15 is 0 Å². The van der Waals surface area contributed by atoms with Crippen LogP contribution < -0.4 is 15.8 Å². The van der Waals surface area contributed by atoms with Gasteiger partial charge in [0.25, 0.3) is 0 Å². The highest BCUT2D eigenvalue weighted by atomic mass is 16.5. The quantitative estimate of drug-likeness (QED) is 0.504. The Morgan fingerprint density at radius 2 is 1.97 bits per heavy atom. The minimum atomic E-state index is -0.757. The molecule has 0 bridgehead atoms. The van der Waals surface area contributed by atoms with Gasteiger partial charge >= 0.3 is 5.97 Å². The minimum Gasteiger partial charge on any atom is -0.474 e. The molecule has 9 heteroatoms. The van der Waals surface area contributed by atoms with Crippen LogP contribution >= 0.6 is 0 Å². The topological polar surface area (TPSA) is 121 Å². The SMILES string of the molecule is COCC(C)(N)c1cnc(OC2CC2)c2cnc(Nc3ccc4c(n3)[C@H](C)[C@@H](C)OC4=O)cc12. The van der Waals surface area contributed by atoms with E-state index in [4.69, 9.17) is 24.9 Å². The molecule has 1 fully saturated rings. The summed E-state index contributed by atoms with van der Waals surface area (Å²) in [5, 5.41) is 4.95. The fraction of sp³-hybridized carbons (Fsp3) is 0.440. The van der Waals surface area contributed by atoms with Crippen molar-refractivity contribution in [2.45, 2.75) is 57.3 Å². The van der Waals surface area contributed by atoms with E-state index in [1.165, 1.54) is 0 Å². The van der Waals surface area contributed by atoms with Crippen molar-refractivity contribution in [3.8, 4) is 5.88 Å². The van der Waals surface area contributed by atoms with Crippen LogP contribution in [0.3, 0.4) is 0 Å². The Morgan fingerprint density at radius 3 is 2.71 bits per heavy atom. The van der Waals surface area contributed by atoms with Gasteiger partial charge in [-0.05, 0) is 50.3 Å². The molecule has 0 aromatic carbocycles. The molecule has 4 heterocycles. The molecule has 9 nitrogen and oxygen atoms in total. The predicted octanol–water partition coefficient (Wildman–Crippen LogP) is 3.79. The molecule has 0 saturated heterocycles. The molecule has 1 unspecified atom stereocenters. The number of cyclic esters (lactones) is 1. The molecule has 2 aliphatic rings. The van der Waals surface area contributed by atoms with Crippen molar-refractivity contribution in [2.75, 3.05) is 19.0 Å². The normalized spacial score (nSPS) is 21.5. The number of nitrogens with zero attached hydrogens (tertiary/aromatic N) is 3. The highest BCUT2D eigenvalue weighted by Crippen LogP contribution is 2.36. The molecule has 0 amide bonds. The number of carbonyl (C=O) groups is 1. The fourth-order valence-electron chi connectivity index (χ4n) is 4.20. The molecule has 3 atom stereocenters. The average molecular weight is 464 g/mol. The first-order valence-corrected chi connectivity index (χ1v) is 11.5. The van der Waals surface area contributed by atoms with E-state index in [-0.39, 0.29) is 24.1 Å². The zero-order valence-corrected chi connectivity index (χ0v) is 19.8. The van der Waals surface area contributed by atoms with Crippen molar-refractivity contribution < 1.29 is 19.0 Å². The van der Waals surface area contributed by atoms with Crippen LogP contribution in [0, 0.1) is 0 Å². The van der Waals surface area contributed by atoms with E-state index in [1.54, 1.807) is 31.6 Å². The van der Waals surface area contributed by atoms with Gasteiger partial charge in [0.2, 0.25) is 5.88 Å². The number of anilines is 2. The zero-order chi connectivity index (χ0) is 24.0. The first kappa shape index (κ1) is 22.5. The standard InChI is InChI=1S/C25H29N5O4/c1-13-14(2)33-24(31)16-7-8-20(30-22(13)16)29-21-9-17-18(10-27-21)23(34-15-5-6-15)28-11-19(17)25(3,26)12-32-4/h7-11,13-15H,5-6,12,26H2,1-4H3,(H,27,29,30)/t13-,14-,25?/m1/s1. The van der Waals surface area contributed by atoms with Gasteiger partial charge in [-0.1, -0.05) is 6.92 Å². The van der Waals surface area contributed by atoms with Gasteiger partial charge < -0.3 is 25.3 Å². The Bertz CT molecular complexity index is 1260. The van der Waals surface area contributed by atoms with Gasteiger partial charge in [0.05, 0.1) is 28.8 Å². The Morgan fingerprint density at radius 1 is 1.18 bits per heavy atom. The molecule has 1 aliphatic heterocycles.